The van der Waals surface area contributed by atoms with Gasteiger partial charge in [-0.15, -0.1) is 0 Å². The summed E-state index contributed by atoms with van der Waals surface area (Å²) in [4.78, 5) is 3.59. The lowest BCUT2D eigenvalue weighted by molar-refractivity contribution is -0.0952. The van der Waals surface area contributed by atoms with Crippen LogP contribution < -0.4 is 0 Å². The Bertz CT molecular complexity index is 424. The Kier molecular flexibility index (Phi) is 2.10. The Morgan fingerprint density at radius 3 is 2.73 bits per heavy atom. The van der Waals surface area contributed by atoms with Gasteiger partial charge in [-0.3, -0.25) is 5.41 Å². The topological polar surface area (TPSA) is 36.2 Å². The van der Waals surface area contributed by atoms with Gasteiger partial charge in [-0.25, -0.2) is 4.99 Å². The molecule has 0 fully saturated rings. The highest BCUT2D eigenvalue weighted by Crippen LogP contribution is 2.37. The molecule has 15 heavy (non-hydrogen) atoms. The third-order valence-electron chi connectivity index (χ3n) is 2.25. The van der Waals surface area contributed by atoms with Gasteiger partial charge in [0.15, 0.2) is 0 Å². The van der Waals surface area contributed by atoms with Crippen LogP contribution in [0.4, 0.5) is 13.2 Å². The Hall–Kier alpha value is -1.65. The molecule has 78 valence electrons. The van der Waals surface area contributed by atoms with E-state index in [1.165, 1.54) is 18.4 Å². The van der Waals surface area contributed by atoms with Crippen LogP contribution in [0.15, 0.2) is 40.4 Å². The molecule has 0 saturated heterocycles. The van der Waals surface area contributed by atoms with E-state index in [0.29, 0.717) is 5.57 Å². The van der Waals surface area contributed by atoms with Crippen LogP contribution in [-0.4, -0.2) is 18.2 Å². The van der Waals surface area contributed by atoms with Crippen molar-refractivity contribution >= 4 is 12.1 Å². The molecule has 0 aromatic rings. The number of rotatable bonds is 0. The van der Waals surface area contributed by atoms with Crippen LogP contribution in [0.5, 0.6) is 0 Å². The lowest BCUT2D eigenvalue weighted by atomic mass is 9.86. The lowest BCUT2D eigenvalue weighted by Gasteiger charge is -2.24. The zero-order valence-corrected chi connectivity index (χ0v) is 7.55. The summed E-state index contributed by atoms with van der Waals surface area (Å²) in [5.41, 5.74) is -0.169. The molecule has 1 heterocycles. The fourth-order valence-corrected chi connectivity index (χ4v) is 1.57. The quantitative estimate of drug-likeness (QED) is 0.640. The van der Waals surface area contributed by atoms with Gasteiger partial charge < -0.3 is 0 Å². The number of allylic oxidation sites excluding steroid dienone is 5. The highest BCUT2D eigenvalue weighted by atomic mass is 19.4. The van der Waals surface area contributed by atoms with Crippen LogP contribution in [0.3, 0.4) is 0 Å². The molecular formula is C10H7F3N2. The van der Waals surface area contributed by atoms with Gasteiger partial charge in [0, 0.05) is 17.7 Å². The van der Waals surface area contributed by atoms with Crippen LogP contribution in [0.1, 0.15) is 0 Å². The van der Waals surface area contributed by atoms with E-state index in [2.05, 4.69) is 4.99 Å². The molecule has 0 radical (unpaired) electrons. The van der Waals surface area contributed by atoms with Crippen molar-refractivity contribution in [3.8, 4) is 0 Å². The molecule has 0 bridgehead atoms. The predicted octanol–water partition coefficient (Wildman–Crippen LogP) is 2.65. The summed E-state index contributed by atoms with van der Waals surface area (Å²) in [7, 11) is 0. The number of aliphatic imine (C=N–C) groups is 1. The number of dihydropyridines is 1. The second kappa shape index (κ2) is 3.18. The van der Waals surface area contributed by atoms with E-state index in [0.717, 1.165) is 6.08 Å². The van der Waals surface area contributed by atoms with Gasteiger partial charge in [-0.2, -0.15) is 13.2 Å². The van der Waals surface area contributed by atoms with E-state index < -0.39 is 17.7 Å². The minimum atomic E-state index is -4.35. The Morgan fingerprint density at radius 1 is 1.33 bits per heavy atom. The number of halogens is 3. The van der Waals surface area contributed by atoms with Crippen molar-refractivity contribution in [1.29, 1.82) is 5.41 Å². The monoisotopic (exact) mass is 212 g/mol. The molecule has 0 aromatic carbocycles. The largest absolute Gasteiger partial charge is 0.413 e. The molecule has 1 atom stereocenters. The third kappa shape index (κ3) is 1.77. The maximum Gasteiger partial charge on any atom is 0.413 e. The molecule has 2 rings (SSSR count). The van der Waals surface area contributed by atoms with Gasteiger partial charge in [0.05, 0.1) is 0 Å². The molecule has 1 unspecified atom stereocenters. The van der Waals surface area contributed by atoms with E-state index >= 15 is 0 Å². The maximum absolute atomic E-state index is 12.6. The zero-order chi connectivity index (χ0) is 11.1. The van der Waals surface area contributed by atoms with Crippen molar-refractivity contribution in [1.82, 2.24) is 0 Å². The summed E-state index contributed by atoms with van der Waals surface area (Å²) < 4.78 is 37.7. The second-order valence-corrected chi connectivity index (χ2v) is 3.26. The van der Waals surface area contributed by atoms with E-state index in [1.54, 1.807) is 6.08 Å². The fraction of sp³-hybridized carbons (Fsp3) is 0.200. The number of hydrogen-bond donors (Lipinski definition) is 1. The highest BCUT2D eigenvalue weighted by molar-refractivity contribution is 6.01. The van der Waals surface area contributed by atoms with E-state index in [9.17, 15) is 13.2 Å². The van der Waals surface area contributed by atoms with Crippen molar-refractivity contribution in [2.75, 3.05) is 0 Å². The first-order valence-corrected chi connectivity index (χ1v) is 4.28. The molecule has 2 aliphatic rings. The standard InChI is InChI=1S/C10H7F3N2/c11-10(12,13)8-3-1-2-6-4-9(14)15-5-7(6)8/h1-5,7,14H. The predicted molar refractivity (Wildman–Crippen MR) is 51.1 cm³/mol. The van der Waals surface area contributed by atoms with Crippen molar-refractivity contribution < 1.29 is 13.2 Å². The fourth-order valence-electron chi connectivity index (χ4n) is 1.57. The van der Waals surface area contributed by atoms with Crippen LogP contribution in [-0.2, 0) is 0 Å². The van der Waals surface area contributed by atoms with Gasteiger partial charge in [0.1, 0.15) is 5.84 Å². The first kappa shape index (κ1) is 9.89. The summed E-state index contributed by atoms with van der Waals surface area (Å²) in [5, 5.41) is 7.22. The molecule has 0 aromatic heterocycles. The van der Waals surface area contributed by atoms with Crippen molar-refractivity contribution in [3.05, 3.63) is 35.5 Å². The SMILES string of the molecule is N=C1C=C2C=CC=C(C(F)(F)F)C2C=N1. The van der Waals surface area contributed by atoms with Gasteiger partial charge in [0.2, 0.25) is 0 Å². The number of alkyl halides is 3. The summed E-state index contributed by atoms with van der Waals surface area (Å²) in [6.07, 6.45) is 2.13. The Balaban J connectivity index is 2.42. The van der Waals surface area contributed by atoms with Gasteiger partial charge in [0.25, 0.3) is 0 Å². The smallest absolute Gasteiger partial charge is 0.283 e. The molecule has 1 N–H and O–H groups in total. The van der Waals surface area contributed by atoms with Gasteiger partial charge in [-0.1, -0.05) is 18.2 Å². The molecule has 0 spiro atoms. The van der Waals surface area contributed by atoms with Crippen molar-refractivity contribution in [2.45, 2.75) is 6.18 Å². The molecule has 0 saturated carbocycles. The number of fused-ring (bicyclic) bond motifs is 1. The summed E-state index contributed by atoms with van der Waals surface area (Å²) in [5.74, 6) is -0.876. The Morgan fingerprint density at radius 2 is 2.07 bits per heavy atom. The summed E-state index contributed by atoms with van der Waals surface area (Å²) in [6, 6.07) is 0. The summed E-state index contributed by atoms with van der Waals surface area (Å²) >= 11 is 0. The molecular weight excluding hydrogens is 205 g/mol. The normalized spacial score (nSPS) is 24.7. The Labute approximate surface area is 84.0 Å². The van der Waals surface area contributed by atoms with Crippen LogP contribution in [0.25, 0.3) is 0 Å². The average molecular weight is 212 g/mol. The third-order valence-corrected chi connectivity index (χ3v) is 2.25. The molecule has 1 aliphatic heterocycles. The number of nitrogens with zero attached hydrogens (tertiary/aromatic N) is 1. The molecule has 1 aliphatic carbocycles. The van der Waals surface area contributed by atoms with Crippen molar-refractivity contribution in [2.24, 2.45) is 10.9 Å². The minimum Gasteiger partial charge on any atom is -0.283 e. The maximum atomic E-state index is 12.6. The molecule has 2 nitrogen and oxygen atoms in total. The highest BCUT2D eigenvalue weighted by Gasteiger charge is 2.40. The minimum absolute atomic E-state index is 0.0191. The first-order valence-electron chi connectivity index (χ1n) is 4.28. The summed E-state index contributed by atoms with van der Waals surface area (Å²) in [6.45, 7) is 0. The average Bonchev–Trinajstić information content (AvgIpc) is 2.15. The molecule has 5 heteroatoms. The van der Waals surface area contributed by atoms with Crippen LogP contribution in [0, 0.1) is 11.3 Å². The van der Waals surface area contributed by atoms with Crippen molar-refractivity contribution in [3.63, 3.8) is 0 Å². The number of hydrogen-bond acceptors (Lipinski definition) is 1. The second-order valence-electron chi connectivity index (χ2n) is 3.26. The number of amidine groups is 1. The first-order chi connectivity index (χ1) is 6.98. The molecule has 0 amide bonds. The van der Waals surface area contributed by atoms with Gasteiger partial charge in [-0.05, 0) is 11.6 Å². The van der Waals surface area contributed by atoms with Gasteiger partial charge >= 0.3 is 6.18 Å². The van der Waals surface area contributed by atoms with E-state index in [-0.39, 0.29) is 5.84 Å². The lowest BCUT2D eigenvalue weighted by Crippen LogP contribution is -2.25. The van der Waals surface area contributed by atoms with Crippen LogP contribution in [0.2, 0.25) is 0 Å². The zero-order valence-electron chi connectivity index (χ0n) is 7.55. The van der Waals surface area contributed by atoms with E-state index in [4.69, 9.17) is 5.41 Å². The number of nitrogens with one attached hydrogen (secondary N) is 1. The van der Waals surface area contributed by atoms with E-state index in [1.807, 2.05) is 0 Å². The van der Waals surface area contributed by atoms with Crippen LogP contribution >= 0.6 is 0 Å².